The predicted octanol–water partition coefficient (Wildman–Crippen LogP) is 1.94. The number of aliphatic carboxylic acids is 1. The Kier molecular flexibility index (Phi) is 5.23. The highest BCUT2D eigenvalue weighted by Crippen LogP contribution is 2.28. The molecule has 0 heterocycles. The lowest BCUT2D eigenvalue weighted by Gasteiger charge is -2.19. The molecule has 1 aromatic carbocycles. The first-order valence-corrected chi connectivity index (χ1v) is 5.42. The summed E-state index contributed by atoms with van der Waals surface area (Å²) in [4.78, 5) is 21.8. The van der Waals surface area contributed by atoms with E-state index in [-0.39, 0.29) is 11.3 Å². The molecule has 0 fully saturated rings. The largest absolute Gasteiger partial charge is 0.481 e. The smallest absolute Gasteiger partial charge is 0.387 e. The fourth-order valence-electron chi connectivity index (χ4n) is 1.63. The van der Waals surface area contributed by atoms with Crippen LogP contribution in [-0.4, -0.2) is 23.6 Å². The van der Waals surface area contributed by atoms with E-state index in [4.69, 9.17) is 5.11 Å². The van der Waals surface area contributed by atoms with Gasteiger partial charge in [-0.05, 0) is 6.07 Å². The molecule has 7 heteroatoms. The van der Waals surface area contributed by atoms with Gasteiger partial charge in [-0.15, -0.1) is 0 Å². The highest BCUT2D eigenvalue weighted by Gasteiger charge is 2.21. The monoisotopic (exact) mass is 273 g/mol. The summed E-state index contributed by atoms with van der Waals surface area (Å²) in [6, 6.07) is 4.82. The topological polar surface area (TPSA) is 75.6 Å². The zero-order chi connectivity index (χ0) is 14.4. The predicted molar refractivity (Wildman–Crippen MR) is 61.9 cm³/mol. The number of halogens is 2. The van der Waals surface area contributed by atoms with Gasteiger partial charge in [-0.25, -0.2) is 0 Å². The Morgan fingerprint density at radius 3 is 2.53 bits per heavy atom. The fourth-order valence-corrected chi connectivity index (χ4v) is 1.63. The minimum absolute atomic E-state index is 0.155. The van der Waals surface area contributed by atoms with Crippen LogP contribution in [0.25, 0.3) is 0 Å². The molecule has 5 nitrogen and oxygen atoms in total. The van der Waals surface area contributed by atoms with Gasteiger partial charge in [-0.3, -0.25) is 9.59 Å². The third kappa shape index (κ3) is 4.90. The lowest BCUT2D eigenvalue weighted by Crippen LogP contribution is -2.28. The van der Waals surface area contributed by atoms with Crippen LogP contribution in [0.5, 0.6) is 5.75 Å². The molecule has 0 aliphatic rings. The molecule has 19 heavy (non-hydrogen) atoms. The van der Waals surface area contributed by atoms with Gasteiger partial charge in [-0.1, -0.05) is 18.2 Å². The van der Waals surface area contributed by atoms with E-state index in [9.17, 15) is 18.4 Å². The SMILES string of the molecule is CC(=O)NC(CC(=O)O)c1ccccc1OC(F)F. The maximum atomic E-state index is 12.3. The molecule has 0 aliphatic heterocycles. The Bertz CT molecular complexity index is 449. The molecule has 2 N–H and O–H groups in total. The van der Waals surface area contributed by atoms with Gasteiger partial charge >= 0.3 is 12.6 Å². The van der Waals surface area contributed by atoms with Crippen molar-refractivity contribution in [2.45, 2.75) is 26.0 Å². The number of carboxylic acids is 1. The first kappa shape index (κ1) is 14.9. The summed E-state index contributed by atoms with van der Waals surface area (Å²) >= 11 is 0. The maximum absolute atomic E-state index is 12.3. The third-order valence-corrected chi connectivity index (χ3v) is 2.27. The van der Waals surface area contributed by atoms with Gasteiger partial charge in [0.2, 0.25) is 5.91 Å². The van der Waals surface area contributed by atoms with Crippen molar-refractivity contribution in [3.8, 4) is 5.75 Å². The van der Waals surface area contributed by atoms with Crippen molar-refractivity contribution >= 4 is 11.9 Å². The van der Waals surface area contributed by atoms with Crippen LogP contribution in [0.2, 0.25) is 0 Å². The molecule has 0 spiro atoms. The van der Waals surface area contributed by atoms with Crippen LogP contribution in [0.4, 0.5) is 8.78 Å². The summed E-state index contributed by atoms with van der Waals surface area (Å²) in [7, 11) is 0. The lowest BCUT2D eigenvalue weighted by atomic mass is 10.0. The van der Waals surface area contributed by atoms with E-state index in [1.807, 2.05) is 0 Å². The molecular formula is C12H13F2NO4. The van der Waals surface area contributed by atoms with Crippen LogP contribution in [0.15, 0.2) is 24.3 Å². The van der Waals surface area contributed by atoms with Crippen LogP contribution in [-0.2, 0) is 9.59 Å². The Labute approximate surface area is 108 Å². The van der Waals surface area contributed by atoms with Gasteiger partial charge in [0.05, 0.1) is 12.5 Å². The second-order valence-corrected chi connectivity index (χ2v) is 3.77. The summed E-state index contributed by atoms with van der Waals surface area (Å²) < 4.78 is 28.8. The van der Waals surface area contributed by atoms with E-state index in [1.54, 1.807) is 6.07 Å². The molecule has 0 radical (unpaired) electrons. The number of amides is 1. The van der Waals surface area contributed by atoms with Crippen LogP contribution in [0.1, 0.15) is 24.9 Å². The summed E-state index contributed by atoms with van der Waals surface area (Å²) in [5, 5.41) is 11.2. The summed E-state index contributed by atoms with van der Waals surface area (Å²) in [5.74, 6) is -1.78. The van der Waals surface area contributed by atoms with E-state index in [1.165, 1.54) is 25.1 Å². The second-order valence-electron chi connectivity index (χ2n) is 3.77. The first-order chi connectivity index (χ1) is 8.90. The summed E-state index contributed by atoms with van der Waals surface area (Å²) in [6.07, 6.45) is -0.427. The molecular weight excluding hydrogens is 260 g/mol. The number of alkyl halides is 2. The van der Waals surface area contributed by atoms with Gasteiger partial charge in [-0.2, -0.15) is 8.78 Å². The average molecular weight is 273 g/mol. The number of ether oxygens (including phenoxy) is 1. The van der Waals surface area contributed by atoms with E-state index in [0.717, 1.165) is 0 Å². The molecule has 0 saturated heterocycles. The van der Waals surface area contributed by atoms with Crippen molar-refractivity contribution in [1.82, 2.24) is 5.32 Å². The van der Waals surface area contributed by atoms with Crippen LogP contribution in [0.3, 0.4) is 0 Å². The highest BCUT2D eigenvalue weighted by molar-refractivity contribution is 5.75. The quantitative estimate of drug-likeness (QED) is 0.830. The Morgan fingerprint density at radius 2 is 2.00 bits per heavy atom. The zero-order valence-electron chi connectivity index (χ0n) is 10.1. The van der Waals surface area contributed by atoms with E-state index in [0.29, 0.717) is 0 Å². The number of benzene rings is 1. The van der Waals surface area contributed by atoms with Crippen molar-refractivity contribution < 1.29 is 28.2 Å². The minimum Gasteiger partial charge on any atom is -0.481 e. The first-order valence-electron chi connectivity index (χ1n) is 5.42. The fraction of sp³-hybridized carbons (Fsp3) is 0.333. The van der Waals surface area contributed by atoms with Crippen molar-refractivity contribution in [1.29, 1.82) is 0 Å². The molecule has 0 aromatic heterocycles. The highest BCUT2D eigenvalue weighted by atomic mass is 19.3. The Morgan fingerprint density at radius 1 is 1.37 bits per heavy atom. The molecule has 1 atom stereocenters. The number of carbonyl (C=O) groups is 2. The van der Waals surface area contributed by atoms with Crippen molar-refractivity contribution in [2.24, 2.45) is 0 Å². The van der Waals surface area contributed by atoms with Crippen LogP contribution >= 0.6 is 0 Å². The molecule has 104 valence electrons. The van der Waals surface area contributed by atoms with Crippen molar-refractivity contribution in [2.75, 3.05) is 0 Å². The minimum atomic E-state index is -3.02. The molecule has 0 aliphatic carbocycles. The number of hydrogen-bond donors (Lipinski definition) is 2. The van der Waals surface area contributed by atoms with Crippen LogP contribution in [0, 0.1) is 0 Å². The normalized spacial score (nSPS) is 12.0. The molecule has 0 bridgehead atoms. The number of nitrogens with one attached hydrogen (secondary N) is 1. The number of rotatable bonds is 6. The van der Waals surface area contributed by atoms with Gasteiger partial charge in [0.25, 0.3) is 0 Å². The number of carbonyl (C=O) groups excluding carboxylic acids is 1. The summed E-state index contributed by atoms with van der Waals surface area (Å²) in [5.41, 5.74) is 0.195. The number of para-hydroxylation sites is 1. The maximum Gasteiger partial charge on any atom is 0.387 e. The molecule has 0 saturated carbocycles. The Hall–Kier alpha value is -2.18. The molecule has 1 aromatic rings. The molecule has 1 rings (SSSR count). The molecule has 1 amide bonds. The van der Waals surface area contributed by atoms with Gasteiger partial charge in [0, 0.05) is 12.5 Å². The van der Waals surface area contributed by atoms with E-state index < -0.39 is 31.0 Å². The van der Waals surface area contributed by atoms with Gasteiger partial charge in [0.15, 0.2) is 0 Å². The number of carboxylic acid groups (broad SMARTS) is 1. The van der Waals surface area contributed by atoms with E-state index >= 15 is 0 Å². The van der Waals surface area contributed by atoms with E-state index in [2.05, 4.69) is 10.1 Å². The van der Waals surface area contributed by atoms with Gasteiger partial charge < -0.3 is 15.2 Å². The van der Waals surface area contributed by atoms with Crippen molar-refractivity contribution in [3.05, 3.63) is 29.8 Å². The lowest BCUT2D eigenvalue weighted by molar-refractivity contribution is -0.137. The zero-order valence-corrected chi connectivity index (χ0v) is 10.1. The van der Waals surface area contributed by atoms with Crippen molar-refractivity contribution in [3.63, 3.8) is 0 Å². The van der Waals surface area contributed by atoms with Crippen LogP contribution < -0.4 is 10.1 Å². The summed E-state index contributed by atoms with van der Waals surface area (Å²) in [6.45, 7) is -1.81. The number of hydrogen-bond acceptors (Lipinski definition) is 3. The molecule has 1 unspecified atom stereocenters. The van der Waals surface area contributed by atoms with Gasteiger partial charge in [0.1, 0.15) is 5.75 Å². The Balaban J connectivity index is 3.06. The average Bonchev–Trinajstić information content (AvgIpc) is 2.26. The second kappa shape index (κ2) is 6.67. The third-order valence-electron chi connectivity index (χ3n) is 2.27. The standard InChI is InChI=1S/C12H13F2NO4/c1-7(16)15-9(6-11(17)18)8-4-2-3-5-10(8)19-12(13)14/h2-5,9,12H,6H2,1H3,(H,15,16)(H,17,18).